The minimum atomic E-state index is 0.354. The van der Waals surface area contributed by atoms with E-state index >= 15 is 0 Å². The summed E-state index contributed by atoms with van der Waals surface area (Å²) in [5.74, 6) is 3.73. The number of anilines is 1. The molecule has 0 unspecified atom stereocenters. The van der Waals surface area contributed by atoms with Crippen LogP contribution in [0.25, 0.3) is 0 Å². The lowest BCUT2D eigenvalue weighted by Gasteiger charge is -2.41. The fourth-order valence-electron chi connectivity index (χ4n) is 4.46. The van der Waals surface area contributed by atoms with Crippen molar-refractivity contribution in [2.45, 2.75) is 39.7 Å². The van der Waals surface area contributed by atoms with Gasteiger partial charge in [0.15, 0.2) is 0 Å². The summed E-state index contributed by atoms with van der Waals surface area (Å²) in [5.41, 5.74) is 1.60. The summed E-state index contributed by atoms with van der Waals surface area (Å²) in [7, 11) is 1.65. The first-order chi connectivity index (χ1) is 12.6. The summed E-state index contributed by atoms with van der Waals surface area (Å²) in [6.45, 7) is 9.45. The molecule has 2 aromatic rings. The van der Waals surface area contributed by atoms with Crippen molar-refractivity contribution in [1.29, 1.82) is 0 Å². The van der Waals surface area contributed by atoms with Gasteiger partial charge in [-0.25, -0.2) is 9.97 Å². The molecule has 2 saturated heterocycles. The molecular weight excluding hydrogens is 328 g/mol. The molecule has 0 bridgehead atoms. The zero-order valence-electron chi connectivity index (χ0n) is 16.0. The molecule has 2 fully saturated rings. The number of methoxy groups -OCH3 is 1. The SMILES string of the molecule is COc1cc(N2CCC[C@@]3(CCN(Cc4cc(C)c(C)o4)C3)C2)ncn1. The van der Waals surface area contributed by atoms with Crippen LogP contribution in [0, 0.1) is 19.3 Å². The molecule has 1 spiro atoms. The first kappa shape index (κ1) is 17.3. The van der Waals surface area contributed by atoms with Gasteiger partial charge in [-0.05, 0) is 51.3 Å². The molecule has 4 rings (SSSR count). The summed E-state index contributed by atoms with van der Waals surface area (Å²) in [5, 5.41) is 0. The topological polar surface area (TPSA) is 54.6 Å². The van der Waals surface area contributed by atoms with Crippen molar-refractivity contribution >= 4 is 5.82 Å². The molecule has 4 heterocycles. The molecule has 2 aliphatic rings. The van der Waals surface area contributed by atoms with Gasteiger partial charge in [0.25, 0.3) is 0 Å². The lowest BCUT2D eigenvalue weighted by molar-refractivity contribution is 0.208. The second-order valence-corrected chi connectivity index (χ2v) is 7.86. The maximum atomic E-state index is 5.89. The van der Waals surface area contributed by atoms with E-state index in [-0.39, 0.29) is 0 Å². The Morgan fingerprint density at radius 1 is 1.15 bits per heavy atom. The van der Waals surface area contributed by atoms with Crippen molar-refractivity contribution in [3.05, 3.63) is 35.5 Å². The normalized spacial score (nSPS) is 23.7. The van der Waals surface area contributed by atoms with Crippen LogP contribution in [-0.4, -0.2) is 48.2 Å². The van der Waals surface area contributed by atoms with Crippen LogP contribution < -0.4 is 9.64 Å². The molecule has 6 nitrogen and oxygen atoms in total. The van der Waals surface area contributed by atoms with Gasteiger partial charge in [-0.15, -0.1) is 0 Å². The molecule has 6 heteroatoms. The lowest BCUT2D eigenvalue weighted by atomic mass is 9.79. The Kier molecular flexibility index (Phi) is 4.61. The molecule has 0 amide bonds. The lowest BCUT2D eigenvalue weighted by Crippen LogP contribution is -2.45. The summed E-state index contributed by atoms with van der Waals surface area (Å²) in [4.78, 5) is 13.5. The molecule has 2 aromatic heterocycles. The molecule has 0 aromatic carbocycles. The Morgan fingerprint density at radius 3 is 2.81 bits per heavy atom. The van der Waals surface area contributed by atoms with Crippen LogP contribution in [0.2, 0.25) is 0 Å². The Morgan fingerprint density at radius 2 is 2.04 bits per heavy atom. The van der Waals surface area contributed by atoms with E-state index in [2.05, 4.69) is 32.8 Å². The third kappa shape index (κ3) is 3.43. The van der Waals surface area contributed by atoms with Gasteiger partial charge in [0.2, 0.25) is 5.88 Å². The van der Waals surface area contributed by atoms with E-state index in [0.717, 1.165) is 50.1 Å². The van der Waals surface area contributed by atoms with Crippen LogP contribution in [0.4, 0.5) is 5.82 Å². The Hall–Kier alpha value is -2.08. The van der Waals surface area contributed by atoms with E-state index in [1.165, 1.54) is 24.8 Å². The monoisotopic (exact) mass is 356 g/mol. The predicted molar refractivity (Wildman–Crippen MR) is 101 cm³/mol. The van der Waals surface area contributed by atoms with Crippen LogP contribution in [0.15, 0.2) is 22.9 Å². The number of likely N-dealkylation sites (tertiary alicyclic amines) is 1. The van der Waals surface area contributed by atoms with E-state index in [0.29, 0.717) is 11.3 Å². The van der Waals surface area contributed by atoms with Gasteiger partial charge in [0.05, 0.1) is 13.7 Å². The van der Waals surface area contributed by atoms with Crippen molar-refractivity contribution < 1.29 is 9.15 Å². The highest BCUT2D eigenvalue weighted by atomic mass is 16.5. The number of rotatable bonds is 4. The van der Waals surface area contributed by atoms with Crippen LogP contribution in [0.1, 0.15) is 36.3 Å². The zero-order valence-corrected chi connectivity index (χ0v) is 16.0. The predicted octanol–water partition coefficient (Wildman–Crippen LogP) is 3.19. The zero-order chi connectivity index (χ0) is 18.1. The molecule has 140 valence electrons. The Labute approximate surface area is 155 Å². The van der Waals surface area contributed by atoms with Gasteiger partial charge in [-0.2, -0.15) is 0 Å². The van der Waals surface area contributed by atoms with E-state index in [9.17, 15) is 0 Å². The third-order valence-electron chi connectivity index (χ3n) is 5.94. The van der Waals surface area contributed by atoms with E-state index < -0.39 is 0 Å². The van der Waals surface area contributed by atoms with Gasteiger partial charge in [0.1, 0.15) is 23.7 Å². The molecule has 1 atom stereocenters. The van der Waals surface area contributed by atoms with Gasteiger partial charge >= 0.3 is 0 Å². The minimum absolute atomic E-state index is 0.354. The highest BCUT2D eigenvalue weighted by Gasteiger charge is 2.41. The van der Waals surface area contributed by atoms with Crippen molar-refractivity contribution in [3.63, 3.8) is 0 Å². The van der Waals surface area contributed by atoms with Crippen molar-refractivity contribution in [2.75, 3.05) is 38.2 Å². The quantitative estimate of drug-likeness (QED) is 0.839. The summed E-state index contributed by atoms with van der Waals surface area (Å²) in [6, 6.07) is 4.13. The van der Waals surface area contributed by atoms with E-state index in [4.69, 9.17) is 9.15 Å². The molecule has 0 saturated carbocycles. The van der Waals surface area contributed by atoms with Crippen LogP contribution in [0.5, 0.6) is 5.88 Å². The Bertz CT molecular complexity index is 755. The average molecular weight is 356 g/mol. The molecule has 0 aliphatic carbocycles. The number of aryl methyl sites for hydroxylation is 2. The molecule has 2 aliphatic heterocycles. The van der Waals surface area contributed by atoms with Crippen LogP contribution in [-0.2, 0) is 6.54 Å². The molecule has 0 N–H and O–H groups in total. The summed E-state index contributed by atoms with van der Waals surface area (Å²) in [6.07, 6.45) is 5.33. The highest BCUT2D eigenvalue weighted by Crippen LogP contribution is 2.40. The maximum absolute atomic E-state index is 5.89. The van der Waals surface area contributed by atoms with E-state index in [1.54, 1.807) is 13.4 Å². The fraction of sp³-hybridized carbons (Fsp3) is 0.600. The van der Waals surface area contributed by atoms with Crippen molar-refractivity contribution in [3.8, 4) is 5.88 Å². The van der Waals surface area contributed by atoms with Gasteiger partial charge in [0, 0.05) is 31.1 Å². The smallest absolute Gasteiger partial charge is 0.218 e. The molecular formula is C20H28N4O2. The molecule has 0 radical (unpaired) electrons. The van der Waals surface area contributed by atoms with Crippen LogP contribution >= 0.6 is 0 Å². The summed E-state index contributed by atoms with van der Waals surface area (Å²) >= 11 is 0. The maximum Gasteiger partial charge on any atom is 0.218 e. The number of hydrogen-bond acceptors (Lipinski definition) is 6. The molecule has 26 heavy (non-hydrogen) atoms. The van der Waals surface area contributed by atoms with Gasteiger partial charge < -0.3 is 14.1 Å². The standard InChI is InChI=1S/C20H28N4O2/c1-15-9-17(26-16(15)2)11-23-8-6-20(12-23)5-4-7-24(13-20)18-10-19(25-3)22-14-21-18/h9-10,14H,4-8,11-13H2,1-3H3/t20-/m0/s1. The Balaban J connectivity index is 1.43. The average Bonchev–Trinajstić information content (AvgIpc) is 3.18. The van der Waals surface area contributed by atoms with Crippen molar-refractivity contribution in [1.82, 2.24) is 14.9 Å². The number of hydrogen-bond donors (Lipinski definition) is 0. The number of piperidine rings is 1. The second-order valence-electron chi connectivity index (χ2n) is 7.86. The van der Waals surface area contributed by atoms with Crippen LogP contribution in [0.3, 0.4) is 0 Å². The minimum Gasteiger partial charge on any atom is -0.481 e. The fourth-order valence-corrected chi connectivity index (χ4v) is 4.46. The first-order valence-electron chi connectivity index (χ1n) is 9.46. The van der Waals surface area contributed by atoms with E-state index in [1.807, 2.05) is 13.0 Å². The number of ether oxygens (including phenoxy) is 1. The third-order valence-corrected chi connectivity index (χ3v) is 5.94. The highest BCUT2D eigenvalue weighted by molar-refractivity contribution is 5.41. The van der Waals surface area contributed by atoms with Gasteiger partial charge in [-0.3, -0.25) is 4.90 Å². The largest absolute Gasteiger partial charge is 0.481 e. The van der Waals surface area contributed by atoms with Crippen molar-refractivity contribution in [2.24, 2.45) is 5.41 Å². The first-order valence-corrected chi connectivity index (χ1v) is 9.46. The number of aromatic nitrogens is 2. The second kappa shape index (κ2) is 6.91. The van der Waals surface area contributed by atoms with Gasteiger partial charge in [-0.1, -0.05) is 0 Å². The number of nitrogens with zero attached hydrogens (tertiary/aromatic N) is 4. The summed E-state index contributed by atoms with van der Waals surface area (Å²) < 4.78 is 11.1. The number of furan rings is 1.